The molecule has 0 radical (unpaired) electrons. The van der Waals surface area contributed by atoms with Crippen LogP contribution in [0.2, 0.25) is 10.0 Å². The van der Waals surface area contributed by atoms with Crippen LogP contribution >= 0.6 is 23.2 Å². The Bertz CT molecular complexity index is 877. The van der Waals surface area contributed by atoms with Gasteiger partial charge >= 0.3 is 0 Å². The number of likely N-dealkylation sites (tertiary alicyclic amines) is 1. The number of hydrogen-bond donors (Lipinski definition) is 1. The summed E-state index contributed by atoms with van der Waals surface area (Å²) in [6, 6.07) is 12.7. The van der Waals surface area contributed by atoms with Gasteiger partial charge in [0.15, 0.2) is 0 Å². The Hall–Kier alpha value is -1.48. The van der Waals surface area contributed by atoms with Crippen LogP contribution in [-0.2, 0) is 6.54 Å². The van der Waals surface area contributed by atoms with Gasteiger partial charge in [0.25, 0.3) is 0 Å². The number of aromatic amines is 1. The lowest BCUT2D eigenvalue weighted by Gasteiger charge is -2.33. The van der Waals surface area contributed by atoms with Crippen molar-refractivity contribution in [2.45, 2.75) is 39.2 Å². The van der Waals surface area contributed by atoms with Gasteiger partial charge in [-0.25, -0.2) is 0 Å². The van der Waals surface area contributed by atoms with Crippen molar-refractivity contribution in [2.24, 2.45) is 0 Å². The molecule has 0 aliphatic carbocycles. The van der Waals surface area contributed by atoms with Gasteiger partial charge in [-0.1, -0.05) is 41.4 Å². The highest BCUT2D eigenvalue weighted by Crippen LogP contribution is 2.33. The fraction of sp³-hybridized carbons (Fsp3) is 0.364. The number of H-pyrrole nitrogens is 1. The first-order valence-corrected chi connectivity index (χ1v) is 10.0. The van der Waals surface area contributed by atoms with Crippen LogP contribution in [-0.4, -0.2) is 23.0 Å². The third-order valence-corrected chi connectivity index (χ3v) is 6.37. The van der Waals surface area contributed by atoms with Gasteiger partial charge < -0.3 is 4.98 Å². The molecule has 136 valence electrons. The number of nitrogens with one attached hydrogen (secondary N) is 1. The van der Waals surface area contributed by atoms with Crippen LogP contribution in [0.1, 0.15) is 41.1 Å². The molecule has 1 saturated heterocycles. The molecule has 3 aromatic rings. The summed E-state index contributed by atoms with van der Waals surface area (Å²) in [5.74, 6) is 0.688. The van der Waals surface area contributed by atoms with E-state index >= 15 is 0 Å². The highest BCUT2D eigenvalue weighted by atomic mass is 35.5. The van der Waals surface area contributed by atoms with E-state index < -0.39 is 0 Å². The average molecular weight is 387 g/mol. The largest absolute Gasteiger partial charge is 0.357 e. The maximum Gasteiger partial charge on any atom is 0.0613 e. The van der Waals surface area contributed by atoms with Gasteiger partial charge in [-0.3, -0.25) is 4.90 Å². The summed E-state index contributed by atoms with van der Waals surface area (Å²) in [7, 11) is 0. The number of fused-ring (bicyclic) bond motifs is 1. The van der Waals surface area contributed by atoms with E-state index in [2.05, 4.69) is 48.0 Å². The van der Waals surface area contributed by atoms with Crippen molar-refractivity contribution in [1.29, 1.82) is 0 Å². The van der Waals surface area contributed by atoms with E-state index in [-0.39, 0.29) is 0 Å². The summed E-state index contributed by atoms with van der Waals surface area (Å²) in [4.78, 5) is 6.03. The molecule has 0 atom stereocenters. The fourth-order valence-electron chi connectivity index (χ4n) is 4.36. The topological polar surface area (TPSA) is 19.0 Å². The van der Waals surface area contributed by atoms with Crippen molar-refractivity contribution >= 4 is 34.1 Å². The molecule has 4 rings (SSSR count). The molecule has 0 unspecified atom stereocenters. The summed E-state index contributed by atoms with van der Waals surface area (Å²) in [6.07, 6.45) is 2.45. The summed E-state index contributed by atoms with van der Waals surface area (Å²) in [6.45, 7) is 7.71. The molecular formula is C22H24Cl2N2. The SMILES string of the molecule is Cc1cccc(C)c1C1CCN(Cc2cc3cc(Cl)c(Cl)cc3[nH]2)CC1. The fourth-order valence-corrected chi connectivity index (χ4v) is 4.70. The maximum absolute atomic E-state index is 6.13. The average Bonchev–Trinajstić information content (AvgIpc) is 2.97. The van der Waals surface area contributed by atoms with E-state index in [0.717, 1.165) is 30.5 Å². The van der Waals surface area contributed by atoms with Gasteiger partial charge in [0.1, 0.15) is 0 Å². The summed E-state index contributed by atoms with van der Waals surface area (Å²) in [5.41, 5.74) is 6.73. The quantitative estimate of drug-likeness (QED) is 0.546. The molecule has 0 bridgehead atoms. The second-order valence-electron chi connectivity index (χ2n) is 7.50. The van der Waals surface area contributed by atoms with Crippen LogP contribution < -0.4 is 0 Å². The van der Waals surface area contributed by atoms with Crippen LogP contribution in [0.3, 0.4) is 0 Å². The predicted octanol–water partition coefficient (Wildman–Crippen LogP) is 6.47. The van der Waals surface area contributed by atoms with Crippen LogP contribution in [0, 0.1) is 13.8 Å². The Kier molecular flexibility index (Phi) is 5.00. The van der Waals surface area contributed by atoms with Crippen molar-refractivity contribution in [2.75, 3.05) is 13.1 Å². The van der Waals surface area contributed by atoms with E-state index in [4.69, 9.17) is 23.2 Å². The van der Waals surface area contributed by atoms with Gasteiger partial charge in [-0.2, -0.15) is 0 Å². The normalized spacial score (nSPS) is 16.5. The van der Waals surface area contributed by atoms with E-state index in [1.54, 1.807) is 5.56 Å². The Morgan fingerprint density at radius 2 is 1.65 bits per heavy atom. The molecular weight excluding hydrogens is 363 g/mol. The van der Waals surface area contributed by atoms with Crippen molar-refractivity contribution < 1.29 is 0 Å². The Morgan fingerprint density at radius 3 is 2.35 bits per heavy atom. The summed E-state index contributed by atoms with van der Waals surface area (Å²) < 4.78 is 0. The number of rotatable bonds is 3. The molecule has 0 spiro atoms. The molecule has 2 aromatic carbocycles. The van der Waals surface area contributed by atoms with E-state index in [1.165, 1.54) is 29.7 Å². The second-order valence-corrected chi connectivity index (χ2v) is 8.32. The van der Waals surface area contributed by atoms with Gasteiger partial charge in [-0.15, -0.1) is 0 Å². The van der Waals surface area contributed by atoms with Crippen molar-refractivity contribution in [3.63, 3.8) is 0 Å². The molecule has 1 N–H and O–H groups in total. The maximum atomic E-state index is 6.13. The van der Waals surface area contributed by atoms with Crippen LogP contribution in [0.25, 0.3) is 10.9 Å². The highest BCUT2D eigenvalue weighted by molar-refractivity contribution is 6.42. The first-order valence-electron chi connectivity index (χ1n) is 9.26. The van der Waals surface area contributed by atoms with Gasteiger partial charge in [0.05, 0.1) is 10.0 Å². The first kappa shape index (κ1) is 17.9. The molecule has 1 aliphatic heterocycles. The zero-order valence-electron chi connectivity index (χ0n) is 15.3. The smallest absolute Gasteiger partial charge is 0.0613 e. The standard InChI is InChI=1S/C22H24Cl2N2/c1-14-4-3-5-15(2)22(14)16-6-8-26(9-7-16)13-18-10-17-11-19(23)20(24)12-21(17)25-18/h3-5,10-12,16,25H,6-9,13H2,1-2H3. The molecule has 2 heterocycles. The Morgan fingerprint density at radius 1 is 1.00 bits per heavy atom. The molecule has 0 amide bonds. The zero-order valence-corrected chi connectivity index (χ0v) is 16.8. The second kappa shape index (κ2) is 7.26. The molecule has 2 nitrogen and oxygen atoms in total. The minimum atomic E-state index is 0.599. The van der Waals surface area contributed by atoms with Crippen LogP contribution in [0.15, 0.2) is 36.4 Å². The number of nitrogens with zero attached hydrogens (tertiary/aromatic N) is 1. The molecule has 1 aromatic heterocycles. The zero-order chi connectivity index (χ0) is 18.3. The van der Waals surface area contributed by atoms with E-state index in [1.807, 2.05) is 12.1 Å². The third-order valence-electron chi connectivity index (χ3n) is 5.65. The number of benzene rings is 2. The van der Waals surface area contributed by atoms with Crippen molar-refractivity contribution in [3.8, 4) is 0 Å². The predicted molar refractivity (Wildman–Crippen MR) is 111 cm³/mol. The van der Waals surface area contributed by atoms with Gasteiger partial charge in [0, 0.05) is 23.1 Å². The lowest BCUT2D eigenvalue weighted by atomic mass is 9.84. The number of aryl methyl sites for hydroxylation is 2. The van der Waals surface area contributed by atoms with E-state index in [9.17, 15) is 0 Å². The summed E-state index contributed by atoms with van der Waals surface area (Å²) >= 11 is 12.3. The number of halogens is 2. The lowest BCUT2D eigenvalue weighted by Crippen LogP contribution is -2.33. The Balaban J connectivity index is 1.44. The molecule has 4 heteroatoms. The molecule has 0 saturated carbocycles. The monoisotopic (exact) mass is 386 g/mol. The molecule has 1 aliphatic rings. The minimum absolute atomic E-state index is 0.599. The first-order chi connectivity index (χ1) is 12.5. The van der Waals surface area contributed by atoms with Gasteiger partial charge in [-0.05, 0) is 80.6 Å². The lowest BCUT2D eigenvalue weighted by molar-refractivity contribution is 0.202. The molecule has 1 fully saturated rings. The number of aromatic nitrogens is 1. The van der Waals surface area contributed by atoms with Crippen LogP contribution in [0.5, 0.6) is 0 Å². The van der Waals surface area contributed by atoms with E-state index in [0.29, 0.717) is 16.0 Å². The highest BCUT2D eigenvalue weighted by Gasteiger charge is 2.23. The van der Waals surface area contributed by atoms with Gasteiger partial charge in [0.2, 0.25) is 0 Å². The van der Waals surface area contributed by atoms with Crippen molar-refractivity contribution in [3.05, 3.63) is 68.8 Å². The third kappa shape index (κ3) is 3.51. The Labute approximate surface area is 165 Å². The summed E-state index contributed by atoms with van der Waals surface area (Å²) in [5, 5.41) is 2.33. The minimum Gasteiger partial charge on any atom is -0.357 e. The number of hydrogen-bond acceptors (Lipinski definition) is 1. The van der Waals surface area contributed by atoms with Crippen LogP contribution in [0.4, 0.5) is 0 Å². The number of piperidine rings is 1. The molecule has 26 heavy (non-hydrogen) atoms. The van der Waals surface area contributed by atoms with Crippen molar-refractivity contribution in [1.82, 2.24) is 9.88 Å².